The molecule has 0 saturated heterocycles. The van der Waals surface area contributed by atoms with Crippen molar-refractivity contribution in [1.29, 1.82) is 0 Å². The Balaban J connectivity index is 2.37. The van der Waals surface area contributed by atoms with Gasteiger partial charge in [0, 0.05) is 23.9 Å². The Hall–Kier alpha value is -0.730. The number of halogens is 2. The van der Waals surface area contributed by atoms with E-state index >= 15 is 0 Å². The predicted molar refractivity (Wildman–Crippen MR) is 63.3 cm³/mol. The van der Waals surface area contributed by atoms with Crippen LogP contribution in [0.4, 0.5) is 0 Å². The number of benzene rings is 1. The fourth-order valence-electron chi connectivity index (χ4n) is 1.15. The fraction of sp³-hybridized carbons (Fsp3) is 0.364. The van der Waals surface area contributed by atoms with E-state index in [1.54, 1.807) is 0 Å². The van der Waals surface area contributed by atoms with Crippen LogP contribution in [0.15, 0.2) is 24.3 Å². The van der Waals surface area contributed by atoms with E-state index < -0.39 is 0 Å². The minimum absolute atomic E-state index is 0.00979. The summed E-state index contributed by atoms with van der Waals surface area (Å²) < 4.78 is 0. The van der Waals surface area contributed by atoms with E-state index in [4.69, 9.17) is 23.2 Å². The van der Waals surface area contributed by atoms with Crippen LogP contribution in [-0.2, 0) is 11.3 Å². The van der Waals surface area contributed by atoms with E-state index in [1.807, 2.05) is 24.3 Å². The highest BCUT2D eigenvalue weighted by Gasteiger charge is 2.02. The number of hydrogen-bond acceptors (Lipinski definition) is 1. The Morgan fingerprint density at radius 1 is 1.33 bits per heavy atom. The molecule has 1 amide bonds. The van der Waals surface area contributed by atoms with E-state index in [0.717, 1.165) is 5.56 Å². The number of carbonyl (C=O) groups excluding carboxylic acids is 1. The minimum Gasteiger partial charge on any atom is -0.352 e. The SMILES string of the molecule is O=C(CCCCl)NCc1ccccc1Cl. The van der Waals surface area contributed by atoms with Crippen molar-refractivity contribution < 1.29 is 4.79 Å². The van der Waals surface area contributed by atoms with Gasteiger partial charge < -0.3 is 5.32 Å². The first kappa shape index (κ1) is 12.3. The van der Waals surface area contributed by atoms with Gasteiger partial charge in [-0.3, -0.25) is 4.79 Å². The van der Waals surface area contributed by atoms with E-state index in [1.165, 1.54) is 0 Å². The Morgan fingerprint density at radius 3 is 2.73 bits per heavy atom. The molecule has 2 nitrogen and oxygen atoms in total. The maximum absolute atomic E-state index is 11.3. The van der Waals surface area contributed by atoms with Gasteiger partial charge in [0.15, 0.2) is 0 Å². The highest BCUT2D eigenvalue weighted by molar-refractivity contribution is 6.31. The molecule has 82 valence electrons. The second kappa shape index (κ2) is 6.70. The molecule has 15 heavy (non-hydrogen) atoms. The molecule has 0 heterocycles. The number of nitrogens with one attached hydrogen (secondary N) is 1. The second-order valence-electron chi connectivity index (χ2n) is 3.16. The zero-order chi connectivity index (χ0) is 11.1. The molecule has 0 unspecified atom stereocenters. The highest BCUT2D eigenvalue weighted by Crippen LogP contribution is 2.14. The van der Waals surface area contributed by atoms with Crippen molar-refractivity contribution in [3.63, 3.8) is 0 Å². The molecule has 0 atom stereocenters. The molecule has 0 radical (unpaired) electrons. The van der Waals surface area contributed by atoms with Crippen LogP contribution in [0.25, 0.3) is 0 Å². The molecule has 0 aliphatic heterocycles. The van der Waals surface area contributed by atoms with E-state index in [0.29, 0.717) is 30.3 Å². The molecule has 1 rings (SSSR count). The van der Waals surface area contributed by atoms with Gasteiger partial charge in [0.05, 0.1) is 0 Å². The lowest BCUT2D eigenvalue weighted by Crippen LogP contribution is -2.22. The first-order chi connectivity index (χ1) is 7.24. The van der Waals surface area contributed by atoms with Gasteiger partial charge in [0.25, 0.3) is 0 Å². The van der Waals surface area contributed by atoms with Crippen molar-refractivity contribution in [2.45, 2.75) is 19.4 Å². The number of hydrogen-bond donors (Lipinski definition) is 1. The summed E-state index contributed by atoms with van der Waals surface area (Å²) in [6.45, 7) is 0.473. The number of amides is 1. The molecule has 0 aliphatic carbocycles. The summed E-state index contributed by atoms with van der Waals surface area (Å²) in [6, 6.07) is 7.46. The van der Waals surface area contributed by atoms with Crippen LogP contribution in [0.5, 0.6) is 0 Å². The maximum Gasteiger partial charge on any atom is 0.220 e. The first-order valence-electron chi connectivity index (χ1n) is 4.80. The van der Waals surface area contributed by atoms with Crippen LogP contribution < -0.4 is 5.32 Å². The van der Waals surface area contributed by atoms with Gasteiger partial charge in [-0.25, -0.2) is 0 Å². The first-order valence-corrected chi connectivity index (χ1v) is 5.71. The van der Waals surface area contributed by atoms with E-state index in [2.05, 4.69) is 5.32 Å². The molecular formula is C11H13Cl2NO. The molecule has 0 spiro atoms. The Labute approximate surface area is 99.6 Å². The van der Waals surface area contributed by atoms with Crippen LogP contribution in [0.2, 0.25) is 5.02 Å². The Kier molecular flexibility index (Phi) is 5.51. The third-order valence-electron chi connectivity index (χ3n) is 1.97. The molecule has 1 aromatic rings. The number of carbonyl (C=O) groups is 1. The largest absolute Gasteiger partial charge is 0.352 e. The van der Waals surface area contributed by atoms with Crippen molar-refractivity contribution in [2.24, 2.45) is 0 Å². The molecular weight excluding hydrogens is 233 g/mol. The lowest BCUT2D eigenvalue weighted by molar-refractivity contribution is -0.121. The summed E-state index contributed by atoms with van der Waals surface area (Å²) in [4.78, 5) is 11.3. The predicted octanol–water partition coefficient (Wildman–Crippen LogP) is 2.98. The van der Waals surface area contributed by atoms with E-state index in [-0.39, 0.29) is 5.91 Å². The molecule has 0 bridgehead atoms. The quantitative estimate of drug-likeness (QED) is 0.795. The van der Waals surface area contributed by atoms with Gasteiger partial charge in [0.2, 0.25) is 5.91 Å². The zero-order valence-electron chi connectivity index (χ0n) is 8.30. The molecule has 0 saturated carbocycles. The third kappa shape index (κ3) is 4.54. The van der Waals surface area contributed by atoms with Gasteiger partial charge in [-0.05, 0) is 18.1 Å². The van der Waals surface area contributed by atoms with Crippen LogP contribution >= 0.6 is 23.2 Å². The maximum atomic E-state index is 11.3. The smallest absolute Gasteiger partial charge is 0.220 e. The van der Waals surface area contributed by atoms with Crippen molar-refractivity contribution >= 4 is 29.1 Å². The average Bonchev–Trinajstić information content (AvgIpc) is 2.25. The lowest BCUT2D eigenvalue weighted by atomic mass is 10.2. The van der Waals surface area contributed by atoms with Crippen molar-refractivity contribution in [3.05, 3.63) is 34.9 Å². The second-order valence-corrected chi connectivity index (χ2v) is 3.95. The molecule has 4 heteroatoms. The van der Waals surface area contributed by atoms with Crippen LogP contribution in [-0.4, -0.2) is 11.8 Å². The lowest BCUT2D eigenvalue weighted by Gasteiger charge is -2.06. The van der Waals surface area contributed by atoms with Crippen LogP contribution in [0.1, 0.15) is 18.4 Å². The van der Waals surface area contributed by atoms with Gasteiger partial charge in [-0.15, -0.1) is 11.6 Å². The summed E-state index contributed by atoms with van der Waals surface area (Å²) in [5.41, 5.74) is 0.929. The summed E-state index contributed by atoms with van der Waals surface area (Å²) in [5, 5.41) is 3.47. The molecule has 0 aliphatic rings. The van der Waals surface area contributed by atoms with Gasteiger partial charge in [-0.2, -0.15) is 0 Å². The number of alkyl halides is 1. The van der Waals surface area contributed by atoms with Crippen molar-refractivity contribution in [2.75, 3.05) is 5.88 Å². The summed E-state index contributed by atoms with van der Waals surface area (Å²) >= 11 is 11.4. The summed E-state index contributed by atoms with van der Waals surface area (Å²) in [5.74, 6) is 0.523. The fourth-order valence-corrected chi connectivity index (χ4v) is 1.49. The highest BCUT2D eigenvalue weighted by atomic mass is 35.5. The third-order valence-corrected chi connectivity index (χ3v) is 2.61. The molecule has 1 aromatic carbocycles. The van der Waals surface area contributed by atoms with Crippen LogP contribution in [0.3, 0.4) is 0 Å². The van der Waals surface area contributed by atoms with Gasteiger partial charge >= 0.3 is 0 Å². The number of rotatable bonds is 5. The molecule has 0 aromatic heterocycles. The summed E-state index contributed by atoms with van der Waals surface area (Å²) in [7, 11) is 0. The van der Waals surface area contributed by atoms with E-state index in [9.17, 15) is 4.79 Å². The minimum atomic E-state index is 0.00979. The topological polar surface area (TPSA) is 29.1 Å². The zero-order valence-corrected chi connectivity index (χ0v) is 9.81. The Bertz CT molecular complexity index is 328. The Morgan fingerprint density at radius 2 is 2.07 bits per heavy atom. The normalized spacial score (nSPS) is 10.0. The molecule has 0 fully saturated rings. The van der Waals surface area contributed by atoms with Gasteiger partial charge in [-0.1, -0.05) is 29.8 Å². The van der Waals surface area contributed by atoms with Crippen LogP contribution in [0, 0.1) is 0 Å². The van der Waals surface area contributed by atoms with Gasteiger partial charge in [0.1, 0.15) is 0 Å². The summed E-state index contributed by atoms with van der Waals surface area (Å²) in [6.07, 6.45) is 1.17. The monoisotopic (exact) mass is 245 g/mol. The standard InChI is InChI=1S/C11H13Cl2NO/c12-7-3-6-11(15)14-8-9-4-1-2-5-10(9)13/h1-2,4-5H,3,6-8H2,(H,14,15). The van der Waals surface area contributed by atoms with Crippen molar-refractivity contribution in [3.8, 4) is 0 Å². The average molecular weight is 246 g/mol. The van der Waals surface area contributed by atoms with Crippen molar-refractivity contribution in [1.82, 2.24) is 5.32 Å². The molecule has 1 N–H and O–H groups in total.